The van der Waals surface area contributed by atoms with Gasteiger partial charge in [-0.3, -0.25) is 0 Å². The van der Waals surface area contributed by atoms with Crippen molar-refractivity contribution in [2.45, 2.75) is 13.8 Å². The van der Waals surface area contributed by atoms with E-state index in [4.69, 9.17) is 0 Å². The molecule has 2 rings (SSSR count). The number of aryl methyl sites for hydroxylation is 2. The van der Waals surface area contributed by atoms with Crippen LogP contribution in [0, 0.1) is 13.8 Å². The second kappa shape index (κ2) is 2.62. The van der Waals surface area contributed by atoms with Crippen LogP contribution in [0.4, 0.5) is 0 Å². The van der Waals surface area contributed by atoms with Gasteiger partial charge in [-0.05, 0) is 0 Å². The summed E-state index contributed by atoms with van der Waals surface area (Å²) in [5, 5.41) is 1.36. The van der Waals surface area contributed by atoms with E-state index in [0.717, 1.165) is 0 Å². The van der Waals surface area contributed by atoms with Gasteiger partial charge in [0.1, 0.15) is 0 Å². The number of hydrogen-bond acceptors (Lipinski definition) is 1. The van der Waals surface area contributed by atoms with Crippen LogP contribution < -0.4 is 0 Å². The summed E-state index contributed by atoms with van der Waals surface area (Å²) >= 11 is -0.203. The second-order valence-corrected chi connectivity index (χ2v) is 5.18. The third-order valence-electron chi connectivity index (χ3n) is 1.97. The Bertz CT molecular complexity index is 353. The van der Waals surface area contributed by atoms with Crippen LogP contribution in [0.3, 0.4) is 0 Å². The molecule has 0 spiro atoms. The molecule has 0 atom stereocenters. The number of hydrogen-bond donors (Lipinski definition) is 0. The Labute approximate surface area is 76.0 Å². The molecule has 0 N–H and O–H groups in total. The standard InChI is InChI=1S/C9H9NTe/c1-6-3-8-5-10-11-9(8)4-7(6)2/h3-5H,1-2H3. The molecule has 0 radical (unpaired) electrons. The molecule has 0 aliphatic rings. The Kier molecular flexibility index (Phi) is 1.75. The van der Waals surface area contributed by atoms with Gasteiger partial charge in [-0.25, -0.2) is 0 Å². The zero-order chi connectivity index (χ0) is 7.84. The number of benzene rings is 1. The first-order valence-corrected chi connectivity index (χ1v) is 5.80. The molecule has 0 saturated carbocycles. The van der Waals surface area contributed by atoms with Gasteiger partial charge in [-0.2, -0.15) is 0 Å². The molecule has 0 amide bonds. The summed E-state index contributed by atoms with van der Waals surface area (Å²) in [4.78, 5) is 0. The molecule has 0 aliphatic carbocycles. The molecule has 1 heterocycles. The van der Waals surface area contributed by atoms with Gasteiger partial charge < -0.3 is 0 Å². The van der Waals surface area contributed by atoms with Crippen LogP contribution in [-0.4, -0.2) is 23.9 Å². The minimum atomic E-state index is -0.203. The molecule has 2 heteroatoms. The van der Waals surface area contributed by atoms with Crippen molar-refractivity contribution in [1.82, 2.24) is 3.21 Å². The molecule has 0 unspecified atom stereocenters. The van der Waals surface area contributed by atoms with Crippen molar-refractivity contribution in [2.75, 3.05) is 0 Å². The van der Waals surface area contributed by atoms with Gasteiger partial charge in [-0.15, -0.1) is 0 Å². The summed E-state index contributed by atoms with van der Waals surface area (Å²) < 4.78 is 5.84. The molecular weight excluding hydrogens is 250 g/mol. The summed E-state index contributed by atoms with van der Waals surface area (Å²) in [5.74, 6) is 0. The molecule has 1 nitrogen and oxygen atoms in total. The van der Waals surface area contributed by atoms with Gasteiger partial charge >= 0.3 is 76.0 Å². The summed E-state index contributed by atoms with van der Waals surface area (Å²) in [6.07, 6.45) is 2.02. The van der Waals surface area contributed by atoms with Crippen LogP contribution >= 0.6 is 0 Å². The zero-order valence-corrected chi connectivity index (χ0v) is 8.92. The van der Waals surface area contributed by atoms with Crippen molar-refractivity contribution in [1.29, 1.82) is 0 Å². The summed E-state index contributed by atoms with van der Waals surface area (Å²) in [7, 11) is 0. The average Bonchev–Trinajstić information content (AvgIpc) is 2.36. The van der Waals surface area contributed by atoms with Crippen molar-refractivity contribution in [2.24, 2.45) is 0 Å². The second-order valence-electron chi connectivity index (χ2n) is 2.80. The van der Waals surface area contributed by atoms with E-state index in [2.05, 4.69) is 29.2 Å². The van der Waals surface area contributed by atoms with Gasteiger partial charge in [0.15, 0.2) is 0 Å². The molecule has 2 aromatic rings. The third kappa shape index (κ3) is 1.21. The van der Waals surface area contributed by atoms with E-state index < -0.39 is 0 Å². The van der Waals surface area contributed by atoms with Crippen molar-refractivity contribution in [3.8, 4) is 0 Å². The van der Waals surface area contributed by atoms with Crippen molar-refractivity contribution in [3.63, 3.8) is 0 Å². The van der Waals surface area contributed by atoms with E-state index in [-0.39, 0.29) is 20.7 Å². The van der Waals surface area contributed by atoms with Gasteiger partial charge in [0.25, 0.3) is 0 Å². The fourth-order valence-electron chi connectivity index (χ4n) is 1.13. The van der Waals surface area contributed by atoms with E-state index in [1.165, 1.54) is 19.9 Å². The molecule has 11 heavy (non-hydrogen) atoms. The normalized spacial score (nSPS) is 10.7. The van der Waals surface area contributed by atoms with Crippen LogP contribution in [-0.2, 0) is 0 Å². The van der Waals surface area contributed by atoms with Gasteiger partial charge in [-0.1, -0.05) is 0 Å². The Morgan fingerprint density at radius 1 is 1.18 bits per heavy atom. The molecular formula is C9H9NTe. The van der Waals surface area contributed by atoms with Gasteiger partial charge in [0.05, 0.1) is 0 Å². The Morgan fingerprint density at radius 2 is 1.91 bits per heavy atom. The Balaban J connectivity index is 2.86. The van der Waals surface area contributed by atoms with Crippen molar-refractivity contribution >= 4 is 29.5 Å². The predicted octanol–water partition coefficient (Wildman–Crippen LogP) is 1.91. The first-order valence-electron chi connectivity index (χ1n) is 3.59. The molecule has 1 aromatic carbocycles. The van der Waals surface area contributed by atoms with E-state index in [9.17, 15) is 0 Å². The van der Waals surface area contributed by atoms with Crippen LogP contribution in [0.2, 0.25) is 0 Å². The topological polar surface area (TPSA) is 12.9 Å². The quantitative estimate of drug-likeness (QED) is 0.658. The Hall–Kier alpha value is -0.320. The molecule has 0 fully saturated rings. The number of rotatable bonds is 0. The van der Waals surface area contributed by atoms with Gasteiger partial charge in [0, 0.05) is 0 Å². The monoisotopic (exact) mass is 261 g/mol. The fraction of sp³-hybridized carbons (Fsp3) is 0.222. The first kappa shape index (κ1) is 7.34. The minimum absolute atomic E-state index is 0.203. The maximum atomic E-state index is 4.34. The first-order chi connectivity index (χ1) is 5.27. The summed E-state index contributed by atoms with van der Waals surface area (Å²) in [6.45, 7) is 4.32. The number of fused-ring (bicyclic) bond motifs is 1. The number of nitrogens with zero attached hydrogens (tertiary/aromatic N) is 1. The summed E-state index contributed by atoms with van der Waals surface area (Å²) in [6, 6.07) is 4.53. The van der Waals surface area contributed by atoms with E-state index in [1.54, 1.807) is 0 Å². The Morgan fingerprint density at radius 3 is 2.73 bits per heavy atom. The molecule has 0 saturated heterocycles. The maximum absolute atomic E-state index is 4.34. The summed E-state index contributed by atoms with van der Waals surface area (Å²) in [5.41, 5.74) is 2.78. The third-order valence-corrected chi connectivity index (χ3v) is 4.14. The van der Waals surface area contributed by atoms with Crippen LogP contribution in [0.1, 0.15) is 11.1 Å². The fourth-order valence-corrected chi connectivity index (χ4v) is 3.20. The molecule has 0 bridgehead atoms. The van der Waals surface area contributed by atoms with E-state index in [0.29, 0.717) is 0 Å². The number of aromatic nitrogens is 1. The SMILES string of the molecule is Cc1cc2cn[te]c2cc1C. The average molecular weight is 259 g/mol. The van der Waals surface area contributed by atoms with Crippen LogP contribution in [0.15, 0.2) is 18.3 Å². The van der Waals surface area contributed by atoms with Crippen LogP contribution in [0.25, 0.3) is 8.79 Å². The predicted molar refractivity (Wildman–Crippen MR) is 48.2 cm³/mol. The van der Waals surface area contributed by atoms with Gasteiger partial charge in [0.2, 0.25) is 0 Å². The van der Waals surface area contributed by atoms with E-state index in [1.807, 2.05) is 6.20 Å². The molecule has 1 aromatic heterocycles. The zero-order valence-electron chi connectivity index (χ0n) is 6.59. The van der Waals surface area contributed by atoms with Crippen molar-refractivity contribution < 1.29 is 0 Å². The molecule has 0 aliphatic heterocycles. The van der Waals surface area contributed by atoms with E-state index >= 15 is 0 Å². The van der Waals surface area contributed by atoms with Crippen LogP contribution in [0.5, 0.6) is 0 Å². The van der Waals surface area contributed by atoms with Crippen molar-refractivity contribution in [3.05, 3.63) is 29.5 Å². The molecule has 56 valence electrons.